The van der Waals surface area contributed by atoms with Crippen LogP contribution in [0.4, 0.5) is 26.3 Å². The molecule has 0 fully saturated rings. The van der Waals surface area contributed by atoms with E-state index in [0.29, 0.717) is 18.6 Å². The van der Waals surface area contributed by atoms with Crippen molar-refractivity contribution >= 4 is 11.8 Å². The number of amides is 2. The monoisotopic (exact) mass is 533 g/mol. The summed E-state index contributed by atoms with van der Waals surface area (Å²) >= 11 is 0. The SMILES string of the molecule is CCCCCCCC(=O)N[C@@H](CC(=O)N1CCn2c(nnc2C(F)(F)F)C1)Cc1cc(F)c(F)cc1F. The number of aromatic nitrogens is 3. The molecular weight excluding hydrogens is 504 g/mol. The lowest BCUT2D eigenvalue weighted by atomic mass is 10.0. The van der Waals surface area contributed by atoms with Crippen LogP contribution in [-0.2, 0) is 35.3 Å². The molecule has 13 heteroatoms. The Bertz CT molecular complexity index is 1100. The van der Waals surface area contributed by atoms with Gasteiger partial charge in [0.1, 0.15) is 5.82 Å². The highest BCUT2D eigenvalue weighted by Gasteiger charge is 2.40. The van der Waals surface area contributed by atoms with Crippen LogP contribution in [0.5, 0.6) is 0 Å². The number of unbranched alkanes of at least 4 members (excludes halogenated alkanes) is 4. The number of rotatable bonds is 11. The molecule has 1 aliphatic rings. The topological polar surface area (TPSA) is 80.1 Å². The Balaban J connectivity index is 1.69. The van der Waals surface area contributed by atoms with E-state index in [1.54, 1.807) is 0 Å². The van der Waals surface area contributed by atoms with E-state index in [1.807, 2.05) is 0 Å². The molecule has 0 saturated carbocycles. The number of halogens is 6. The molecule has 1 aliphatic heterocycles. The number of hydrogen-bond donors (Lipinski definition) is 1. The van der Waals surface area contributed by atoms with Crippen molar-refractivity contribution in [1.29, 1.82) is 0 Å². The van der Waals surface area contributed by atoms with Crippen molar-refractivity contribution in [2.75, 3.05) is 6.54 Å². The first kappa shape index (κ1) is 28.5. The standard InChI is InChI=1S/C24H29F6N5O2/c1-2-3-4-5-6-7-21(36)31-16(10-15-11-18(26)19(27)13-17(15)25)12-22(37)34-8-9-35-20(14-34)32-33-23(35)24(28,29)30/h11,13,16H,2-10,12,14H2,1H3,(H,31,36)/t16-/m1/s1. The predicted octanol–water partition coefficient (Wildman–Crippen LogP) is 4.53. The van der Waals surface area contributed by atoms with Gasteiger partial charge < -0.3 is 14.8 Å². The van der Waals surface area contributed by atoms with Gasteiger partial charge in [0.15, 0.2) is 17.5 Å². The largest absolute Gasteiger partial charge is 0.451 e. The van der Waals surface area contributed by atoms with E-state index in [1.165, 1.54) is 4.90 Å². The second kappa shape index (κ2) is 12.4. The number of fused-ring (bicyclic) bond motifs is 1. The lowest BCUT2D eigenvalue weighted by Crippen LogP contribution is -2.44. The summed E-state index contributed by atoms with van der Waals surface area (Å²) in [6.45, 7) is 1.62. The van der Waals surface area contributed by atoms with Crippen molar-refractivity contribution in [3.05, 3.63) is 46.8 Å². The fraction of sp³-hybridized carbons (Fsp3) is 0.583. The van der Waals surface area contributed by atoms with Crippen molar-refractivity contribution in [2.24, 2.45) is 0 Å². The van der Waals surface area contributed by atoms with Crippen LogP contribution in [0.25, 0.3) is 0 Å². The molecule has 37 heavy (non-hydrogen) atoms. The zero-order valence-corrected chi connectivity index (χ0v) is 20.4. The molecule has 1 atom stereocenters. The predicted molar refractivity (Wildman–Crippen MR) is 120 cm³/mol. The Morgan fingerprint density at radius 2 is 1.70 bits per heavy atom. The first-order valence-corrected chi connectivity index (χ1v) is 12.2. The summed E-state index contributed by atoms with van der Waals surface area (Å²) < 4.78 is 81.5. The first-order chi connectivity index (χ1) is 17.5. The van der Waals surface area contributed by atoms with Crippen LogP contribution >= 0.6 is 0 Å². The summed E-state index contributed by atoms with van der Waals surface area (Å²) in [5.41, 5.74) is -0.215. The molecule has 0 saturated heterocycles. The molecule has 0 bridgehead atoms. The molecule has 2 aromatic rings. The fourth-order valence-corrected chi connectivity index (χ4v) is 4.27. The third-order valence-electron chi connectivity index (χ3n) is 6.21. The van der Waals surface area contributed by atoms with Gasteiger partial charge in [0, 0.05) is 38.0 Å². The van der Waals surface area contributed by atoms with Crippen LogP contribution in [0.2, 0.25) is 0 Å². The minimum Gasteiger partial charge on any atom is -0.353 e. The Labute approximate surface area is 210 Å². The number of hydrogen-bond acceptors (Lipinski definition) is 4. The highest BCUT2D eigenvalue weighted by molar-refractivity contribution is 5.80. The van der Waals surface area contributed by atoms with E-state index in [2.05, 4.69) is 22.4 Å². The van der Waals surface area contributed by atoms with Gasteiger partial charge in [-0.15, -0.1) is 10.2 Å². The average Bonchev–Trinajstić information content (AvgIpc) is 3.26. The first-order valence-electron chi connectivity index (χ1n) is 12.2. The minimum atomic E-state index is -4.68. The van der Waals surface area contributed by atoms with Gasteiger partial charge >= 0.3 is 6.18 Å². The van der Waals surface area contributed by atoms with Gasteiger partial charge in [0.05, 0.1) is 6.54 Å². The van der Waals surface area contributed by atoms with Gasteiger partial charge in [-0.05, 0) is 24.5 Å². The summed E-state index contributed by atoms with van der Waals surface area (Å²) in [6, 6.07) is 0.135. The quantitative estimate of drug-likeness (QED) is 0.262. The maximum absolute atomic E-state index is 14.3. The van der Waals surface area contributed by atoms with E-state index in [0.717, 1.165) is 30.3 Å². The second-order valence-electron chi connectivity index (χ2n) is 9.10. The molecule has 2 amide bonds. The highest BCUT2D eigenvalue weighted by atomic mass is 19.4. The van der Waals surface area contributed by atoms with Gasteiger partial charge in [0.2, 0.25) is 17.6 Å². The molecule has 3 rings (SSSR count). The normalized spacial score (nSPS) is 14.4. The third-order valence-corrected chi connectivity index (χ3v) is 6.21. The fourth-order valence-electron chi connectivity index (χ4n) is 4.27. The van der Waals surface area contributed by atoms with Crippen LogP contribution in [0.15, 0.2) is 12.1 Å². The molecule has 0 radical (unpaired) electrons. The number of carbonyl (C=O) groups excluding carboxylic acids is 2. The minimum absolute atomic E-state index is 0.0359. The molecule has 7 nitrogen and oxygen atoms in total. The highest BCUT2D eigenvalue weighted by Crippen LogP contribution is 2.29. The average molecular weight is 534 g/mol. The van der Waals surface area contributed by atoms with Gasteiger partial charge in [-0.1, -0.05) is 32.6 Å². The van der Waals surface area contributed by atoms with Crippen LogP contribution in [0, 0.1) is 17.5 Å². The molecule has 0 unspecified atom stereocenters. The van der Waals surface area contributed by atoms with Gasteiger partial charge in [-0.25, -0.2) is 13.2 Å². The van der Waals surface area contributed by atoms with Crippen molar-refractivity contribution in [3.63, 3.8) is 0 Å². The Morgan fingerprint density at radius 1 is 1.00 bits per heavy atom. The third kappa shape index (κ3) is 7.68. The summed E-state index contributed by atoms with van der Waals surface area (Å²) in [7, 11) is 0. The number of nitrogens with zero attached hydrogens (tertiary/aromatic N) is 4. The second-order valence-corrected chi connectivity index (χ2v) is 9.10. The summed E-state index contributed by atoms with van der Waals surface area (Å²) in [5.74, 6) is -5.71. The molecule has 1 aromatic heterocycles. The Hall–Kier alpha value is -3.12. The van der Waals surface area contributed by atoms with Crippen LogP contribution in [-0.4, -0.2) is 44.1 Å². The van der Waals surface area contributed by atoms with Crippen molar-refractivity contribution < 1.29 is 35.9 Å². The lowest BCUT2D eigenvalue weighted by Gasteiger charge is -2.29. The van der Waals surface area contributed by atoms with Gasteiger partial charge in [0.25, 0.3) is 0 Å². The molecule has 0 aliphatic carbocycles. The molecular formula is C24H29F6N5O2. The maximum Gasteiger partial charge on any atom is 0.451 e. The zero-order chi connectivity index (χ0) is 27.2. The molecule has 1 aromatic carbocycles. The number of alkyl halides is 3. The smallest absolute Gasteiger partial charge is 0.353 e. The van der Waals surface area contributed by atoms with Gasteiger partial charge in [-0.2, -0.15) is 13.2 Å². The lowest BCUT2D eigenvalue weighted by molar-refractivity contribution is -0.148. The van der Waals surface area contributed by atoms with Crippen molar-refractivity contribution in [3.8, 4) is 0 Å². The maximum atomic E-state index is 14.3. The van der Waals surface area contributed by atoms with Crippen LogP contribution in [0.3, 0.4) is 0 Å². The van der Waals surface area contributed by atoms with Crippen molar-refractivity contribution in [2.45, 2.75) is 83.6 Å². The molecule has 204 valence electrons. The van der Waals surface area contributed by atoms with Crippen molar-refractivity contribution in [1.82, 2.24) is 25.0 Å². The molecule has 1 N–H and O–H groups in total. The van der Waals surface area contributed by atoms with Crippen LogP contribution < -0.4 is 5.32 Å². The summed E-state index contributed by atoms with van der Waals surface area (Å²) in [6.07, 6.45) is -0.574. The van der Waals surface area contributed by atoms with E-state index in [4.69, 9.17) is 0 Å². The number of benzene rings is 1. The van der Waals surface area contributed by atoms with Gasteiger partial charge in [-0.3, -0.25) is 9.59 Å². The Morgan fingerprint density at radius 3 is 2.41 bits per heavy atom. The van der Waals surface area contributed by atoms with E-state index < -0.39 is 41.4 Å². The molecule has 0 spiro atoms. The number of nitrogens with one attached hydrogen (secondary N) is 1. The number of carbonyl (C=O) groups is 2. The van der Waals surface area contributed by atoms with Crippen LogP contribution in [0.1, 0.15) is 69.1 Å². The zero-order valence-electron chi connectivity index (χ0n) is 20.4. The molecule has 2 heterocycles. The van der Waals surface area contributed by atoms with E-state index in [-0.39, 0.29) is 56.2 Å². The van der Waals surface area contributed by atoms with E-state index >= 15 is 0 Å². The summed E-state index contributed by atoms with van der Waals surface area (Å²) in [5, 5.41) is 9.39. The summed E-state index contributed by atoms with van der Waals surface area (Å²) in [4.78, 5) is 26.8. The van der Waals surface area contributed by atoms with E-state index in [9.17, 15) is 35.9 Å². The Kier molecular flexibility index (Phi) is 9.55.